The molecular formula is C39H59ClN2O2U. The van der Waals surface area contributed by atoms with Gasteiger partial charge >= 0.3 is 31.1 Å². The molecule has 0 saturated heterocycles. The van der Waals surface area contributed by atoms with E-state index in [1.54, 1.807) is 7.11 Å². The zero-order valence-corrected chi connectivity index (χ0v) is 35.1. The fourth-order valence-corrected chi connectivity index (χ4v) is 5.29. The van der Waals surface area contributed by atoms with Crippen LogP contribution < -0.4 is 9.64 Å². The zero-order valence-electron chi connectivity index (χ0n) is 30.2. The van der Waals surface area contributed by atoms with Crippen LogP contribution in [0.5, 0.6) is 5.75 Å². The molecule has 0 spiro atoms. The average molecular weight is 861 g/mol. The number of aryl methyl sites for hydroxylation is 2. The number of H-pyrrole nitrogens is 1. The fraction of sp³-hybridized carbons (Fsp3) is 0.487. The monoisotopic (exact) mass is 860 g/mol. The Balaban J connectivity index is 0. The van der Waals surface area contributed by atoms with Gasteiger partial charge in [0.25, 0.3) is 5.91 Å². The Labute approximate surface area is 304 Å². The van der Waals surface area contributed by atoms with Gasteiger partial charge in [-0.3, -0.25) is 4.79 Å². The number of halogens is 1. The summed E-state index contributed by atoms with van der Waals surface area (Å²) in [4.78, 5) is 18.7. The molecule has 1 N–H and O–H groups in total. The van der Waals surface area contributed by atoms with Crippen LogP contribution in [0.15, 0.2) is 42.5 Å². The topological polar surface area (TPSA) is 45.3 Å². The molecule has 248 valence electrons. The number of aromatic amines is 1. The Morgan fingerprint density at radius 3 is 2.22 bits per heavy atom. The number of fused-ring (bicyclic) bond motifs is 4. The molecule has 1 unspecified atom stereocenters. The molecule has 4 aromatic rings. The molecule has 5 rings (SSSR count). The molecule has 45 heavy (non-hydrogen) atoms. The van der Waals surface area contributed by atoms with Gasteiger partial charge in [-0.05, 0) is 23.4 Å². The number of unbranched alkanes of at least 4 members (excludes halogenated alkanes) is 3. The fourth-order valence-electron chi connectivity index (χ4n) is 5.03. The molecule has 1 atom stereocenters. The number of amides is 1. The molecule has 6 heteroatoms. The van der Waals surface area contributed by atoms with Crippen molar-refractivity contribution in [1.29, 1.82) is 0 Å². The van der Waals surface area contributed by atoms with Crippen molar-refractivity contribution in [1.82, 2.24) is 4.98 Å². The SMILES string of the molecule is CC.CC.CC.CC.COc1cc2c(c3c(C)cccc13)C(CCl)CN2C(=O)c1cc2c[c-]c(C)cc2[nH]1.[CH2-]CCCCC.[U+2]. The van der Waals surface area contributed by atoms with Gasteiger partial charge in [0.2, 0.25) is 0 Å². The Morgan fingerprint density at radius 2 is 1.69 bits per heavy atom. The first kappa shape index (κ1) is 45.2. The van der Waals surface area contributed by atoms with E-state index >= 15 is 0 Å². The number of aromatic nitrogens is 1. The van der Waals surface area contributed by atoms with Crippen LogP contribution >= 0.6 is 11.6 Å². The number of benzene rings is 3. The van der Waals surface area contributed by atoms with Crippen molar-refractivity contribution in [2.75, 3.05) is 24.4 Å². The number of alkyl halides is 1. The van der Waals surface area contributed by atoms with Crippen LogP contribution in [-0.4, -0.2) is 30.4 Å². The van der Waals surface area contributed by atoms with Crippen LogP contribution in [0.3, 0.4) is 0 Å². The molecule has 1 aliphatic rings. The van der Waals surface area contributed by atoms with Crippen LogP contribution in [0.25, 0.3) is 21.7 Å². The Kier molecular flexibility index (Phi) is 25.3. The number of hydrogen-bond acceptors (Lipinski definition) is 2. The summed E-state index contributed by atoms with van der Waals surface area (Å²) in [6.07, 6.45) is 5.07. The summed E-state index contributed by atoms with van der Waals surface area (Å²) in [6, 6.07) is 17.2. The Morgan fingerprint density at radius 1 is 1.04 bits per heavy atom. The van der Waals surface area contributed by atoms with Gasteiger partial charge in [-0.15, -0.1) is 23.1 Å². The van der Waals surface area contributed by atoms with E-state index in [4.69, 9.17) is 16.3 Å². The van der Waals surface area contributed by atoms with Crippen molar-refractivity contribution < 1.29 is 40.6 Å². The third-order valence-electron chi connectivity index (χ3n) is 6.89. The maximum Gasteiger partial charge on any atom is 2.00 e. The number of carbonyl (C=O) groups is 1. The van der Waals surface area contributed by atoms with Gasteiger partial charge in [-0.2, -0.15) is 24.1 Å². The number of nitrogens with zero attached hydrogens (tertiary/aromatic N) is 1. The van der Waals surface area contributed by atoms with E-state index in [-0.39, 0.29) is 42.9 Å². The van der Waals surface area contributed by atoms with Crippen LogP contribution in [0.1, 0.15) is 121 Å². The average Bonchev–Trinajstić information content (AvgIpc) is 3.68. The zero-order chi connectivity index (χ0) is 33.8. The van der Waals surface area contributed by atoms with Crippen LogP contribution in [0, 0.1) is 58.0 Å². The molecule has 2 heterocycles. The number of ether oxygens (including phenoxy) is 1. The first-order chi connectivity index (χ1) is 21.4. The summed E-state index contributed by atoms with van der Waals surface area (Å²) in [5, 5.41) is 3.16. The second kappa shape index (κ2) is 25.2. The summed E-state index contributed by atoms with van der Waals surface area (Å²) >= 11 is 6.38. The Bertz CT molecular complexity index is 1380. The molecular weight excluding hydrogens is 802 g/mol. The van der Waals surface area contributed by atoms with E-state index in [2.05, 4.69) is 44.0 Å². The van der Waals surface area contributed by atoms with E-state index in [0.29, 0.717) is 18.1 Å². The van der Waals surface area contributed by atoms with Crippen molar-refractivity contribution in [3.63, 3.8) is 0 Å². The van der Waals surface area contributed by atoms with Crippen molar-refractivity contribution in [3.05, 3.63) is 77.8 Å². The Hall–Kier alpha value is -1.93. The number of rotatable bonds is 6. The third kappa shape index (κ3) is 11.7. The van der Waals surface area contributed by atoms with Gasteiger partial charge in [-0.25, -0.2) is 0 Å². The standard InChI is InChI=1S/C25H22ClN2O2.C6H13.4C2H6.U/c1-14-7-8-16-10-20(27-19(16)9-14)25(29)28-13-17(12-26)24-21(28)11-22(30-3)18-6-4-5-15(2)23(18)24;1-3-5-6-4-2;4*1-2;/h4-6,8-11,17,27H,12-13H2,1-3H3;1,3-6H2,2H3;4*1-2H3;/q2*-1;;;;;+2. The van der Waals surface area contributed by atoms with E-state index < -0.39 is 0 Å². The predicted octanol–water partition coefficient (Wildman–Crippen LogP) is 12.2. The molecule has 1 aliphatic heterocycles. The van der Waals surface area contributed by atoms with E-state index in [1.165, 1.54) is 19.3 Å². The van der Waals surface area contributed by atoms with E-state index in [0.717, 1.165) is 56.2 Å². The molecule has 0 aliphatic carbocycles. The quantitative estimate of drug-likeness (QED) is 0.119. The first-order valence-electron chi connectivity index (χ1n) is 16.7. The molecule has 0 radical (unpaired) electrons. The van der Waals surface area contributed by atoms with Crippen LogP contribution in [-0.2, 0) is 0 Å². The number of methoxy groups -OCH3 is 1. The van der Waals surface area contributed by atoms with Gasteiger partial charge in [0, 0.05) is 29.8 Å². The number of carbonyl (C=O) groups excluding carboxylic acids is 1. The van der Waals surface area contributed by atoms with E-state index in [1.807, 2.05) is 97.5 Å². The van der Waals surface area contributed by atoms with Crippen molar-refractivity contribution in [3.8, 4) is 5.75 Å². The number of anilines is 1. The smallest absolute Gasteiger partial charge is 0.496 e. The summed E-state index contributed by atoms with van der Waals surface area (Å²) in [5.41, 5.74) is 5.70. The summed E-state index contributed by atoms with van der Waals surface area (Å²) < 4.78 is 5.69. The predicted molar refractivity (Wildman–Crippen MR) is 197 cm³/mol. The summed E-state index contributed by atoms with van der Waals surface area (Å²) in [6.45, 7) is 26.6. The van der Waals surface area contributed by atoms with Gasteiger partial charge < -0.3 is 21.5 Å². The largest absolute Gasteiger partial charge is 2.00 e. The molecule has 1 amide bonds. The second-order valence-electron chi connectivity index (χ2n) is 9.50. The molecule has 3 aromatic carbocycles. The number of hydrogen-bond donors (Lipinski definition) is 1. The van der Waals surface area contributed by atoms with Crippen molar-refractivity contribution in [2.24, 2.45) is 0 Å². The summed E-state index contributed by atoms with van der Waals surface area (Å²) in [5.74, 6) is 1.23. The summed E-state index contributed by atoms with van der Waals surface area (Å²) in [7, 11) is 1.67. The first-order valence-corrected chi connectivity index (χ1v) is 17.2. The molecule has 4 nitrogen and oxygen atoms in total. The minimum Gasteiger partial charge on any atom is -0.496 e. The molecule has 0 saturated carbocycles. The van der Waals surface area contributed by atoms with Gasteiger partial charge in [0.15, 0.2) is 0 Å². The maximum atomic E-state index is 13.5. The minimum absolute atomic E-state index is 0. The minimum atomic E-state index is -0.0623. The molecule has 0 fully saturated rings. The molecule has 0 bridgehead atoms. The van der Waals surface area contributed by atoms with Gasteiger partial charge in [0.1, 0.15) is 5.75 Å². The number of nitrogens with one attached hydrogen (secondary N) is 1. The van der Waals surface area contributed by atoms with Crippen molar-refractivity contribution in [2.45, 2.75) is 108 Å². The van der Waals surface area contributed by atoms with Crippen molar-refractivity contribution >= 4 is 44.9 Å². The van der Waals surface area contributed by atoms with Crippen LogP contribution in [0.4, 0.5) is 5.69 Å². The van der Waals surface area contributed by atoms with Gasteiger partial charge in [0.05, 0.1) is 18.5 Å². The molecule has 1 aromatic heterocycles. The maximum absolute atomic E-state index is 13.5. The normalized spacial score (nSPS) is 12.2. The van der Waals surface area contributed by atoms with Crippen LogP contribution in [0.2, 0.25) is 0 Å². The second-order valence-corrected chi connectivity index (χ2v) is 9.81. The van der Waals surface area contributed by atoms with E-state index in [9.17, 15) is 4.79 Å². The third-order valence-corrected chi connectivity index (χ3v) is 7.26. The van der Waals surface area contributed by atoms with Gasteiger partial charge in [-0.1, -0.05) is 118 Å².